The van der Waals surface area contributed by atoms with Crippen molar-refractivity contribution in [1.29, 1.82) is 0 Å². The number of nitrogens with one attached hydrogen (secondary N) is 1. The highest BCUT2D eigenvalue weighted by molar-refractivity contribution is 6.31. The van der Waals surface area contributed by atoms with Crippen LogP contribution in [0.5, 0.6) is 0 Å². The van der Waals surface area contributed by atoms with Crippen LogP contribution in [0.3, 0.4) is 0 Å². The van der Waals surface area contributed by atoms with Gasteiger partial charge in [0.15, 0.2) is 0 Å². The molecular weight excluding hydrogens is 286 g/mol. The van der Waals surface area contributed by atoms with E-state index in [9.17, 15) is 4.79 Å². The number of rotatable bonds is 5. The maximum atomic E-state index is 12.2. The predicted octanol–water partition coefficient (Wildman–Crippen LogP) is 3.42. The largest absolute Gasteiger partial charge is 0.348 e. The van der Waals surface area contributed by atoms with Gasteiger partial charge < -0.3 is 5.32 Å². The van der Waals surface area contributed by atoms with Gasteiger partial charge in [-0.25, -0.2) is 0 Å². The molecule has 1 atom stereocenters. The minimum atomic E-state index is -0.0621. The van der Waals surface area contributed by atoms with Crippen molar-refractivity contribution < 1.29 is 4.79 Å². The normalized spacial score (nSPS) is 12.2. The molecule has 4 nitrogen and oxygen atoms in total. The first-order valence-corrected chi connectivity index (χ1v) is 7.44. The van der Waals surface area contributed by atoms with E-state index < -0.39 is 0 Å². The highest BCUT2D eigenvalue weighted by Gasteiger charge is 2.15. The lowest BCUT2D eigenvalue weighted by Crippen LogP contribution is -2.31. The molecule has 0 bridgehead atoms. The molecule has 1 amide bonds. The van der Waals surface area contributed by atoms with Gasteiger partial charge in [0.2, 0.25) is 5.91 Å². The average molecular weight is 306 g/mol. The van der Waals surface area contributed by atoms with Gasteiger partial charge in [-0.1, -0.05) is 48.9 Å². The molecule has 1 aromatic carbocycles. The van der Waals surface area contributed by atoms with Crippen LogP contribution in [0.15, 0.2) is 30.3 Å². The molecule has 1 N–H and O–H groups in total. The summed E-state index contributed by atoms with van der Waals surface area (Å²) in [5, 5.41) is 7.95. The standard InChI is InChI=1S/C16H20ClN3O/c1-4-14(13-8-6-5-7-9-13)18-15(21)10-20-12(3)16(17)11(2)19-20/h5-9,14H,4,10H2,1-3H3,(H,18,21). The van der Waals surface area contributed by atoms with Gasteiger partial charge in [-0.05, 0) is 25.8 Å². The summed E-state index contributed by atoms with van der Waals surface area (Å²) in [6, 6.07) is 9.99. The van der Waals surface area contributed by atoms with Crippen molar-refractivity contribution >= 4 is 17.5 Å². The molecule has 21 heavy (non-hydrogen) atoms. The van der Waals surface area contributed by atoms with E-state index in [0.29, 0.717) is 5.02 Å². The van der Waals surface area contributed by atoms with Crippen LogP contribution in [0.4, 0.5) is 0 Å². The number of halogens is 1. The van der Waals surface area contributed by atoms with Crippen molar-refractivity contribution in [2.45, 2.75) is 39.8 Å². The van der Waals surface area contributed by atoms with Crippen LogP contribution in [-0.2, 0) is 11.3 Å². The third-order valence-electron chi connectivity index (χ3n) is 3.53. The monoisotopic (exact) mass is 305 g/mol. The molecule has 1 heterocycles. The van der Waals surface area contributed by atoms with Crippen molar-refractivity contribution in [3.8, 4) is 0 Å². The third-order valence-corrected chi connectivity index (χ3v) is 4.08. The van der Waals surface area contributed by atoms with Crippen molar-refractivity contribution in [2.24, 2.45) is 0 Å². The van der Waals surface area contributed by atoms with Crippen LogP contribution in [0, 0.1) is 13.8 Å². The lowest BCUT2D eigenvalue weighted by molar-refractivity contribution is -0.122. The van der Waals surface area contributed by atoms with E-state index in [-0.39, 0.29) is 18.5 Å². The SMILES string of the molecule is CCC(NC(=O)Cn1nc(C)c(Cl)c1C)c1ccccc1. The Morgan fingerprint density at radius 1 is 1.33 bits per heavy atom. The Hall–Kier alpha value is -1.81. The Bertz CT molecular complexity index is 622. The second-order valence-corrected chi connectivity index (χ2v) is 5.46. The molecule has 0 saturated heterocycles. The zero-order valence-corrected chi connectivity index (χ0v) is 13.3. The number of carbonyl (C=O) groups excluding carboxylic acids is 1. The van der Waals surface area contributed by atoms with Gasteiger partial charge in [0, 0.05) is 0 Å². The molecule has 2 aromatic rings. The summed E-state index contributed by atoms with van der Waals surface area (Å²) in [6.07, 6.45) is 0.841. The summed E-state index contributed by atoms with van der Waals surface area (Å²) in [5.74, 6) is -0.0621. The van der Waals surface area contributed by atoms with E-state index in [1.165, 1.54) is 0 Å². The number of nitrogens with zero attached hydrogens (tertiary/aromatic N) is 2. The van der Waals surface area contributed by atoms with E-state index in [0.717, 1.165) is 23.4 Å². The maximum absolute atomic E-state index is 12.2. The molecule has 0 saturated carbocycles. The van der Waals surface area contributed by atoms with Crippen LogP contribution >= 0.6 is 11.6 Å². The molecule has 0 aliphatic heterocycles. The molecule has 0 aliphatic rings. The number of benzene rings is 1. The summed E-state index contributed by atoms with van der Waals surface area (Å²) in [7, 11) is 0. The molecule has 1 aromatic heterocycles. The van der Waals surface area contributed by atoms with Gasteiger partial charge in [-0.2, -0.15) is 5.10 Å². The fourth-order valence-corrected chi connectivity index (χ4v) is 2.45. The van der Waals surface area contributed by atoms with E-state index in [2.05, 4.69) is 17.3 Å². The fourth-order valence-electron chi connectivity index (χ4n) is 2.31. The lowest BCUT2D eigenvalue weighted by atomic mass is 10.0. The van der Waals surface area contributed by atoms with Crippen molar-refractivity contribution in [3.63, 3.8) is 0 Å². The molecule has 2 rings (SSSR count). The Labute approximate surface area is 130 Å². The summed E-state index contributed by atoms with van der Waals surface area (Å²) >= 11 is 6.10. The second kappa shape index (κ2) is 6.76. The molecular formula is C16H20ClN3O. The minimum absolute atomic E-state index is 0.0196. The number of carbonyl (C=O) groups is 1. The van der Waals surface area contributed by atoms with Gasteiger partial charge in [0.25, 0.3) is 0 Å². The smallest absolute Gasteiger partial charge is 0.242 e. The Balaban J connectivity index is 2.05. The molecule has 0 fully saturated rings. The van der Waals surface area contributed by atoms with Crippen LogP contribution < -0.4 is 5.32 Å². The molecule has 1 unspecified atom stereocenters. The summed E-state index contributed by atoms with van der Waals surface area (Å²) in [6.45, 7) is 5.94. The summed E-state index contributed by atoms with van der Waals surface area (Å²) < 4.78 is 1.64. The van der Waals surface area contributed by atoms with Crippen LogP contribution in [0.2, 0.25) is 5.02 Å². The van der Waals surface area contributed by atoms with Gasteiger partial charge in [0.1, 0.15) is 6.54 Å². The average Bonchev–Trinajstić information content (AvgIpc) is 2.73. The molecule has 112 valence electrons. The summed E-state index contributed by atoms with van der Waals surface area (Å²) in [4.78, 5) is 12.2. The number of amides is 1. The van der Waals surface area contributed by atoms with Crippen LogP contribution in [0.1, 0.15) is 36.3 Å². The topological polar surface area (TPSA) is 46.9 Å². The second-order valence-electron chi connectivity index (χ2n) is 5.08. The van der Waals surface area contributed by atoms with E-state index in [4.69, 9.17) is 11.6 Å². The van der Waals surface area contributed by atoms with E-state index >= 15 is 0 Å². The Morgan fingerprint density at radius 3 is 2.52 bits per heavy atom. The zero-order valence-electron chi connectivity index (χ0n) is 12.6. The lowest BCUT2D eigenvalue weighted by Gasteiger charge is -2.17. The Kier molecular flexibility index (Phi) is 5.02. The zero-order chi connectivity index (χ0) is 15.4. The van der Waals surface area contributed by atoms with Crippen molar-refractivity contribution in [2.75, 3.05) is 0 Å². The van der Waals surface area contributed by atoms with Crippen molar-refractivity contribution in [1.82, 2.24) is 15.1 Å². The first kappa shape index (κ1) is 15.6. The molecule has 0 spiro atoms. The molecule has 0 radical (unpaired) electrons. The summed E-state index contributed by atoms with van der Waals surface area (Å²) in [5.41, 5.74) is 2.67. The van der Waals surface area contributed by atoms with Gasteiger partial charge in [-0.3, -0.25) is 9.48 Å². The maximum Gasteiger partial charge on any atom is 0.242 e. The van der Waals surface area contributed by atoms with Gasteiger partial charge in [-0.15, -0.1) is 0 Å². The van der Waals surface area contributed by atoms with Gasteiger partial charge in [0.05, 0.1) is 22.5 Å². The predicted molar refractivity (Wildman–Crippen MR) is 84.3 cm³/mol. The van der Waals surface area contributed by atoms with Gasteiger partial charge >= 0.3 is 0 Å². The quantitative estimate of drug-likeness (QED) is 0.920. The minimum Gasteiger partial charge on any atom is -0.348 e. The van der Waals surface area contributed by atoms with Crippen LogP contribution in [0.25, 0.3) is 0 Å². The van der Waals surface area contributed by atoms with E-state index in [1.54, 1.807) is 4.68 Å². The Morgan fingerprint density at radius 2 is 2.00 bits per heavy atom. The molecule has 0 aliphatic carbocycles. The third kappa shape index (κ3) is 3.64. The number of hydrogen-bond donors (Lipinski definition) is 1. The van der Waals surface area contributed by atoms with Crippen molar-refractivity contribution in [3.05, 3.63) is 52.3 Å². The highest BCUT2D eigenvalue weighted by Crippen LogP contribution is 2.19. The fraction of sp³-hybridized carbons (Fsp3) is 0.375. The number of hydrogen-bond acceptors (Lipinski definition) is 2. The first-order chi connectivity index (χ1) is 10.0. The van der Waals surface area contributed by atoms with E-state index in [1.807, 2.05) is 44.2 Å². The molecule has 5 heteroatoms. The van der Waals surface area contributed by atoms with Crippen LogP contribution in [-0.4, -0.2) is 15.7 Å². The first-order valence-electron chi connectivity index (χ1n) is 7.06. The number of aryl methyl sites for hydroxylation is 1. The highest BCUT2D eigenvalue weighted by atomic mass is 35.5. The number of aromatic nitrogens is 2.